The summed E-state index contributed by atoms with van der Waals surface area (Å²) in [6.07, 6.45) is 1.44. The van der Waals surface area contributed by atoms with Crippen LogP contribution in [0, 0.1) is 13.8 Å². The quantitative estimate of drug-likeness (QED) is 0.275. The smallest absolute Gasteiger partial charge is 0.335 e. The minimum absolute atomic E-state index is 0.152. The maximum Gasteiger partial charge on any atom is 0.335 e. The third-order valence-electron chi connectivity index (χ3n) is 5.34. The number of nitrogens with zero attached hydrogens (tertiary/aromatic N) is 1. The molecule has 1 N–H and O–H groups in total. The molecule has 0 aliphatic carbocycles. The third-order valence-corrected chi connectivity index (χ3v) is 6.70. The van der Waals surface area contributed by atoms with Gasteiger partial charge < -0.3 is 4.74 Å². The van der Waals surface area contributed by atoms with E-state index in [4.69, 9.17) is 27.9 Å². The fourth-order valence-electron chi connectivity index (χ4n) is 3.61. The lowest BCUT2D eigenvalue weighted by Crippen LogP contribution is -2.54. The van der Waals surface area contributed by atoms with Crippen molar-refractivity contribution in [3.63, 3.8) is 0 Å². The zero-order valence-corrected chi connectivity index (χ0v) is 21.8. The van der Waals surface area contributed by atoms with Crippen LogP contribution in [0.1, 0.15) is 22.3 Å². The van der Waals surface area contributed by atoms with E-state index in [-0.39, 0.29) is 12.2 Å². The predicted molar refractivity (Wildman–Crippen MR) is 140 cm³/mol. The van der Waals surface area contributed by atoms with E-state index in [0.29, 0.717) is 31.5 Å². The molecule has 6 nitrogen and oxygen atoms in total. The van der Waals surface area contributed by atoms with E-state index in [1.807, 2.05) is 19.1 Å². The van der Waals surface area contributed by atoms with Crippen molar-refractivity contribution in [3.8, 4) is 5.75 Å². The molecule has 1 heterocycles. The van der Waals surface area contributed by atoms with Gasteiger partial charge in [-0.15, -0.1) is 0 Å². The molecule has 178 valence electrons. The van der Waals surface area contributed by atoms with Gasteiger partial charge in [0, 0.05) is 0 Å². The molecule has 0 spiro atoms. The molecule has 1 saturated heterocycles. The van der Waals surface area contributed by atoms with Crippen LogP contribution in [-0.4, -0.2) is 17.8 Å². The van der Waals surface area contributed by atoms with E-state index in [0.717, 1.165) is 21.6 Å². The monoisotopic (exact) mass is 572 g/mol. The van der Waals surface area contributed by atoms with Crippen molar-refractivity contribution in [2.75, 3.05) is 4.90 Å². The number of hydrogen-bond donors (Lipinski definition) is 1. The molecule has 0 aromatic heterocycles. The molecular weight excluding hydrogens is 555 g/mol. The Morgan fingerprint density at radius 1 is 0.971 bits per heavy atom. The van der Waals surface area contributed by atoms with Gasteiger partial charge in [0.2, 0.25) is 0 Å². The van der Waals surface area contributed by atoms with Gasteiger partial charge in [-0.05, 0) is 82.9 Å². The Kier molecular flexibility index (Phi) is 7.31. The summed E-state index contributed by atoms with van der Waals surface area (Å²) in [4.78, 5) is 39.1. The van der Waals surface area contributed by atoms with Crippen molar-refractivity contribution in [1.82, 2.24) is 5.32 Å². The average molecular weight is 574 g/mol. The Hall–Kier alpha value is -3.13. The van der Waals surface area contributed by atoms with Crippen LogP contribution < -0.4 is 15.0 Å². The molecular formula is C26H19BrCl2N2O4. The van der Waals surface area contributed by atoms with Crippen molar-refractivity contribution in [2.24, 2.45) is 0 Å². The van der Waals surface area contributed by atoms with Gasteiger partial charge >= 0.3 is 6.03 Å². The lowest BCUT2D eigenvalue weighted by Gasteiger charge is -2.27. The van der Waals surface area contributed by atoms with Crippen LogP contribution in [0.5, 0.6) is 5.75 Å². The summed E-state index contributed by atoms with van der Waals surface area (Å²) in [6.45, 7) is 3.99. The minimum atomic E-state index is -0.781. The summed E-state index contributed by atoms with van der Waals surface area (Å²) in [6, 6.07) is 15.0. The van der Waals surface area contributed by atoms with E-state index >= 15 is 0 Å². The van der Waals surface area contributed by atoms with E-state index < -0.39 is 17.8 Å². The number of benzene rings is 3. The van der Waals surface area contributed by atoms with Gasteiger partial charge in [0.15, 0.2) is 0 Å². The number of nitrogens with one attached hydrogen (secondary N) is 1. The second kappa shape index (κ2) is 10.2. The molecule has 4 amide bonds. The highest BCUT2D eigenvalue weighted by molar-refractivity contribution is 9.10. The first-order valence-electron chi connectivity index (χ1n) is 10.5. The topological polar surface area (TPSA) is 75.7 Å². The maximum absolute atomic E-state index is 13.2. The molecule has 4 rings (SSSR count). The minimum Gasteiger partial charge on any atom is -0.488 e. The molecule has 0 bridgehead atoms. The standard InChI is InChI=1S/C26H19BrCl2N2O4/c1-14-3-7-22(15(2)9-14)31-25(33)18(24(32)30-26(31)34)10-16-5-8-23(19(27)11-16)35-13-17-4-6-20(28)21(29)12-17/h3-12H,13H2,1-2H3,(H,30,32,34)/b18-10+. The summed E-state index contributed by atoms with van der Waals surface area (Å²) in [5, 5.41) is 3.15. The lowest BCUT2D eigenvalue weighted by atomic mass is 10.0. The SMILES string of the molecule is Cc1ccc(N2C(=O)NC(=O)/C(=C\c3ccc(OCc4ccc(Cl)c(Cl)c4)c(Br)c3)C2=O)c(C)c1. The summed E-state index contributed by atoms with van der Waals surface area (Å²) in [5.41, 5.74) is 3.43. The van der Waals surface area contributed by atoms with E-state index in [2.05, 4.69) is 21.2 Å². The summed E-state index contributed by atoms with van der Waals surface area (Å²) >= 11 is 15.5. The number of amides is 4. The van der Waals surface area contributed by atoms with Gasteiger partial charge in [-0.2, -0.15) is 0 Å². The number of carbonyl (C=O) groups excluding carboxylic acids is 3. The first-order chi connectivity index (χ1) is 16.6. The second-order valence-electron chi connectivity index (χ2n) is 7.97. The number of hydrogen-bond acceptors (Lipinski definition) is 4. The van der Waals surface area contributed by atoms with Crippen molar-refractivity contribution < 1.29 is 19.1 Å². The van der Waals surface area contributed by atoms with Gasteiger partial charge in [0.05, 0.1) is 20.2 Å². The van der Waals surface area contributed by atoms with Crippen molar-refractivity contribution in [1.29, 1.82) is 0 Å². The number of barbiturate groups is 1. The van der Waals surface area contributed by atoms with Crippen LogP contribution in [0.3, 0.4) is 0 Å². The molecule has 0 atom stereocenters. The molecule has 0 unspecified atom stereocenters. The maximum atomic E-state index is 13.2. The lowest BCUT2D eigenvalue weighted by molar-refractivity contribution is -0.122. The molecule has 1 aliphatic rings. The van der Waals surface area contributed by atoms with Crippen LogP contribution in [0.2, 0.25) is 10.0 Å². The molecule has 3 aromatic rings. The highest BCUT2D eigenvalue weighted by Gasteiger charge is 2.37. The van der Waals surface area contributed by atoms with E-state index in [1.54, 1.807) is 49.4 Å². The van der Waals surface area contributed by atoms with E-state index in [9.17, 15) is 14.4 Å². The Balaban J connectivity index is 1.57. The Morgan fingerprint density at radius 2 is 1.74 bits per heavy atom. The molecule has 0 saturated carbocycles. The summed E-state index contributed by atoms with van der Waals surface area (Å²) < 4.78 is 6.47. The molecule has 35 heavy (non-hydrogen) atoms. The van der Waals surface area contributed by atoms with Crippen LogP contribution in [0.15, 0.2) is 64.6 Å². The van der Waals surface area contributed by atoms with Crippen molar-refractivity contribution in [3.05, 3.63) is 96.9 Å². The fraction of sp³-hybridized carbons (Fsp3) is 0.115. The fourth-order valence-corrected chi connectivity index (χ4v) is 4.45. The number of anilines is 1. The van der Waals surface area contributed by atoms with Gasteiger partial charge in [-0.25, -0.2) is 9.69 Å². The predicted octanol–water partition coefficient (Wildman–Crippen LogP) is 6.62. The van der Waals surface area contributed by atoms with E-state index in [1.165, 1.54) is 6.08 Å². The van der Waals surface area contributed by atoms with Crippen LogP contribution in [-0.2, 0) is 16.2 Å². The Morgan fingerprint density at radius 3 is 2.43 bits per heavy atom. The Bertz CT molecular complexity index is 1400. The highest BCUT2D eigenvalue weighted by atomic mass is 79.9. The number of carbonyl (C=O) groups is 3. The number of halogens is 3. The molecule has 9 heteroatoms. The normalized spacial score (nSPS) is 14.9. The molecule has 1 aliphatic heterocycles. The zero-order valence-electron chi connectivity index (χ0n) is 18.7. The van der Waals surface area contributed by atoms with Gasteiger partial charge in [0.25, 0.3) is 11.8 Å². The number of urea groups is 1. The van der Waals surface area contributed by atoms with Crippen molar-refractivity contribution >= 4 is 68.7 Å². The first kappa shape index (κ1) is 25.0. The van der Waals surface area contributed by atoms with Gasteiger partial charge in [-0.1, -0.05) is 53.0 Å². The summed E-state index contributed by atoms with van der Waals surface area (Å²) in [7, 11) is 0. The summed E-state index contributed by atoms with van der Waals surface area (Å²) in [5.74, 6) is -0.886. The zero-order chi connectivity index (χ0) is 25.3. The van der Waals surface area contributed by atoms with Crippen molar-refractivity contribution in [2.45, 2.75) is 20.5 Å². The van der Waals surface area contributed by atoms with Gasteiger partial charge in [0.1, 0.15) is 17.9 Å². The molecule has 1 fully saturated rings. The molecule has 0 radical (unpaired) electrons. The third kappa shape index (κ3) is 5.42. The number of rotatable bonds is 5. The number of ether oxygens (including phenoxy) is 1. The first-order valence-corrected chi connectivity index (χ1v) is 12.0. The van der Waals surface area contributed by atoms with Crippen LogP contribution in [0.25, 0.3) is 6.08 Å². The van der Waals surface area contributed by atoms with Crippen LogP contribution in [0.4, 0.5) is 10.5 Å². The molecule has 3 aromatic carbocycles. The second-order valence-corrected chi connectivity index (χ2v) is 9.64. The average Bonchev–Trinajstić information content (AvgIpc) is 2.79. The number of aryl methyl sites for hydroxylation is 2. The Labute approximate surface area is 220 Å². The van der Waals surface area contributed by atoms with Gasteiger partial charge in [-0.3, -0.25) is 14.9 Å². The number of imide groups is 2. The highest BCUT2D eigenvalue weighted by Crippen LogP contribution is 2.30. The largest absolute Gasteiger partial charge is 0.488 e. The van der Waals surface area contributed by atoms with Crippen LogP contribution >= 0.6 is 39.1 Å².